The molecule has 3 nitrogen and oxygen atoms in total. The second-order valence-electron chi connectivity index (χ2n) is 9.44. The van der Waals surface area contributed by atoms with Crippen LogP contribution in [0.15, 0.2) is 60.7 Å². The summed E-state index contributed by atoms with van der Waals surface area (Å²) in [6, 6.07) is 25.1. The Morgan fingerprint density at radius 3 is 1.97 bits per heavy atom. The number of benzene rings is 2. The van der Waals surface area contributed by atoms with Crippen LogP contribution in [0.3, 0.4) is 0 Å². The van der Waals surface area contributed by atoms with E-state index in [2.05, 4.69) is 68.6 Å². The molecule has 2 aromatic carbocycles. The zero-order valence-corrected chi connectivity index (χ0v) is 18.5. The molecule has 0 amide bonds. The van der Waals surface area contributed by atoms with Crippen LogP contribution in [0, 0.1) is 17.2 Å². The fourth-order valence-corrected chi connectivity index (χ4v) is 6.25. The van der Waals surface area contributed by atoms with Crippen LogP contribution in [0.25, 0.3) is 0 Å². The number of hydrogen-bond donors (Lipinski definition) is 0. The molecule has 158 valence electrons. The Labute approximate surface area is 181 Å². The average molecular weight is 404 g/mol. The van der Waals surface area contributed by atoms with Gasteiger partial charge in [0.25, 0.3) is 0 Å². The third-order valence-electron chi connectivity index (χ3n) is 7.95. The molecule has 2 aliphatic heterocycles. The number of quaternary nitrogens is 1. The largest absolute Gasteiger partial charge is 0.376 e. The number of nitrogens with zero attached hydrogens (tertiary/aromatic N) is 2. The number of nitriles is 1. The molecule has 2 aromatic rings. The van der Waals surface area contributed by atoms with Crippen molar-refractivity contribution in [2.45, 2.75) is 56.5 Å². The number of likely N-dealkylation sites (N-methyl/N-ethyl adjacent to an activating group) is 1. The van der Waals surface area contributed by atoms with Gasteiger partial charge in [-0.1, -0.05) is 60.7 Å². The molecule has 3 heteroatoms. The number of rotatable bonds is 8. The van der Waals surface area contributed by atoms with Gasteiger partial charge in [-0.2, -0.15) is 5.26 Å². The molecule has 0 spiro atoms. The Bertz CT molecular complexity index is 804. The molecule has 0 N–H and O–H groups in total. The normalized spacial score (nSPS) is 28.2. The summed E-state index contributed by atoms with van der Waals surface area (Å²) in [5, 5.41) is 10.5. The van der Waals surface area contributed by atoms with Gasteiger partial charge in [0, 0.05) is 32.3 Å². The number of piperidine rings is 1. The second-order valence-corrected chi connectivity index (χ2v) is 9.44. The monoisotopic (exact) mass is 403 g/mol. The van der Waals surface area contributed by atoms with Gasteiger partial charge < -0.3 is 9.22 Å². The predicted octanol–water partition coefficient (Wildman–Crippen LogP) is 5.31. The van der Waals surface area contributed by atoms with Crippen molar-refractivity contribution in [3.8, 4) is 6.07 Å². The topological polar surface area (TPSA) is 33.0 Å². The van der Waals surface area contributed by atoms with Crippen LogP contribution in [0.5, 0.6) is 0 Å². The van der Waals surface area contributed by atoms with E-state index in [-0.39, 0.29) is 0 Å². The van der Waals surface area contributed by atoms with Crippen LogP contribution < -0.4 is 0 Å². The van der Waals surface area contributed by atoms with E-state index in [0.717, 1.165) is 37.3 Å². The quantitative estimate of drug-likeness (QED) is 0.442. The SMILES string of the molecule is CCOCC[N+]1(C)[C@@H]2CC[C@H]1CC(CC(C#N)(c1ccccc1)c1ccccc1)C2. The van der Waals surface area contributed by atoms with Crippen molar-refractivity contribution in [2.75, 3.05) is 26.8 Å². The zero-order valence-electron chi connectivity index (χ0n) is 18.5. The highest BCUT2D eigenvalue weighted by Crippen LogP contribution is 2.48. The van der Waals surface area contributed by atoms with E-state index in [1.807, 2.05) is 12.1 Å². The summed E-state index contributed by atoms with van der Waals surface area (Å²) in [5.41, 5.74) is 1.69. The number of hydrogen-bond acceptors (Lipinski definition) is 2. The van der Waals surface area contributed by atoms with Crippen molar-refractivity contribution >= 4 is 0 Å². The molecule has 0 radical (unpaired) electrons. The number of fused-ring (bicyclic) bond motifs is 2. The smallest absolute Gasteiger partial charge is 0.107 e. The Hall–Kier alpha value is -2.15. The molecule has 2 unspecified atom stereocenters. The van der Waals surface area contributed by atoms with Crippen molar-refractivity contribution in [3.63, 3.8) is 0 Å². The molecule has 2 bridgehead atoms. The van der Waals surface area contributed by atoms with Crippen molar-refractivity contribution in [1.29, 1.82) is 5.26 Å². The summed E-state index contributed by atoms with van der Waals surface area (Å²) in [6.07, 6.45) is 6.00. The van der Waals surface area contributed by atoms with Crippen LogP contribution in [-0.4, -0.2) is 43.4 Å². The maximum absolute atomic E-state index is 10.5. The van der Waals surface area contributed by atoms with Crippen LogP contribution >= 0.6 is 0 Å². The molecule has 2 heterocycles. The summed E-state index contributed by atoms with van der Waals surface area (Å²) < 4.78 is 6.88. The molecule has 4 atom stereocenters. The second kappa shape index (κ2) is 8.92. The zero-order chi connectivity index (χ0) is 21.0. The number of ether oxygens (including phenoxy) is 1. The van der Waals surface area contributed by atoms with Gasteiger partial charge in [0.1, 0.15) is 12.0 Å². The minimum Gasteiger partial charge on any atom is -0.376 e. The van der Waals surface area contributed by atoms with E-state index in [1.165, 1.54) is 30.2 Å². The first-order valence-electron chi connectivity index (χ1n) is 11.6. The summed E-state index contributed by atoms with van der Waals surface area (Å²) >= 11 is 0. The summed E-state index contributed by atoms with van der Waals surface area (Å²) in [7, 11) is 2.45. The van der Waals surface area contributed by atoms with Gasteiger partial charge in [-0.15, -0.1) is 0 Å². The minimum atomic E-state index is -0.571. The lowest BCUT2D eigenvalue weighted by Gasteiger charge is -2.48. The van der Waals surface area contributed by atoms with Crippen LogP contribution in [-0.2, 0) is 10.2 Å². The molecule has 4 rings (SSSR count). The van der Waals surface area contributed by atoms with Gasteiger partial charge in [-0.3, -0.25) is 0 Å². The van der Waals surface area contributed by atoms with E-state index in [4.69, 9.17) is 4.74 Å². The van der Waals surface area contributed by atoms with Crippen LogP contribution in [0.1, 0.15) is 50.2 Å². The molecular formula is C27H35N2O+. The molecule has 2 saturated heterocycles. The Morgan fingerprint density at radius 2 is 1.50 bits per heavy atom. The Balaban J connectivity index is 1.59. The van der Waals surface area contributed by atoms with E-state index < -0.39 is 5.41 Å². The van der Waals surface area contributed by atoms with E-state index in [0.29, 0.717) is 18.0 Å². The van der Waals surface area contributed by atoms with Crippen LogP contribution in [0.2, 0.25) is 0 Å². The first-order chi connectivity index (χ1) is 14.6. The molecule has 0 saturated carbocycles. The van der Waals surface area contributed by atoms with E-state index in [9.17, 15) is 5.26 Å². The van der Waals surface area contributed by atoms with Gasteiger partial charge >= 0.3 is 0 Å². The maximum Gasteiger partial charge on any atom is 0.107 e. The lowest BCUT2D eigenvalue weighted by molar-refractivity contribution is -0.949. The summed E-state index contributed by atoms with van der Waals surface area (Å²) in [4.78, 5) is 0. The Kier molecular flexibility index (Phi) is 6.27. The highest BCUT2D eigenvalue weighted by Gasteiger charge is 2.52. The molecule has 30 heavy (non-hydrogen) atoms. The molecule has 2 fully saturated rings. The van der Waals surface area contributed by atoms with Gasteiger partial charge in [0.15, 0.2) is 0 Å². The standard InChI is InChI=1S/C27H35N2O/c1-3-30-17-16-29(2)25-14-15-26(29)19-22(18-25)20-27(21-28,23-10-6-4-7-11-23)24-12-8-5-9-13-24/h4-13,22,25-26H,3,14-20H2,1-2H3/q+1/t22?,25-,26+,29?. The lowest BCUT2D eigenvalue weighted by atomic mass is 9.67. The maximum atomic E-state index is 10.5. The van der Waals surface area contributed by atoms with Gasteiger partial charge in [0.05, 0.1) is 31.8 Å². The van der Waals surface area contributed by atoms with Crippen molar-refractivity contribution in [2.24, 2.45) is 5.92 Å². The average Bonchev–Trinajstić information content (AvgIpc) is 2.95. The van der Waals surface area contributed by atoms with Crippen LogP contribution in [0.4, 0.5) is 0 Å². The summed E-state index contributed by atoms with van der Waals surface area (Å²) in [5.74, 6) is 0.584. The lowest BCUT2D eigenvalue weighted by Crippen LogP contribution is -2.59. The highest BCUT2D eigenvalue weighted by atomic mass is 16.5. The molecule has 0 aliphatic carbocycles. The molecule has 2 aliphatic rings. The van der Waals surface area contributed by atoms with Gasteiger partial charge in [-0.25, -0.2) is 0 Å². The van der Waals surface area contributed by atoms with Gasteiger partial charge in [0.2, 0.25) is 0 Å². The van der Waals surface area contributed by atoms with E-state index >= 15 is 0 Å². The Morgan fingerprint density at radius 1 is 0.967 bits per heavy atom. The molecular weight excluding hydrogens is 368 g/mol. The highest BCUT2D eigenvalue weighted by molar-refractivity contribution is 5.45. The fraction of sp³-hybridized carbons (Fsp3) is 0.519. The third-order valence-corrected chi connectivity index (χ3v) is 7.95. The first-order valence-corrected chi connectivity index (χ1v) is 11.6. The van der Waals surface area contributed by atoms with E-state index in [1.54, 1.807) is 0 Å². The van der Waals surface area contributed by atoms with Crippen molar-refractivity contribution in [1.82, 2.24) is 0 Å². The van der Waals surface area contributed by atoms with Gasteiger partial charge in [-0.05, 0) is 30.4 Å². The molecule has 0 aromatic heterocycles. The predicted molar refractivity (Wildman–Crippen MR) is 121 cm³/mol. The fourth-order valence-electron chi connectivity index (χ4n) is 6.25. The minimum absolute atomic E-state index is 0.571. The summed E-state index contributed by atoms with van der Waals surface area (Å²) in [6.45, 7) is 4.86. The van der Waals surface area contributed by atoms with Crippen molar-refractivity contribution < 1.29 is 9.22 Å². The first kappa shape index (κ1) is 21.1. The van der Waals surface area contributed by atoms with Crippen molar-refractivity contribution in [3.05, 3.63) is 71.8 Å². The third kappa shape index (κ3) is 3.80.